The first-order valence-corrected chi connectivity index (χ1v) is 13.9. The lowest BCUT2D eigenvalue weighted by atomic mass is 9.84. The summed E-state index contributed by atoms with van der Waals surface area (Å²) in [6.07, 6.45) is 7.28. The first-order chi connectivity index (χ1) is 18.4. The maximum Gasteiger partial charge on any atom is 0.129 e. The Morgan fingerprint density at radius 2 is 1.32 bits per heavy atom. The van der Waals surface area contributed by atoms with E-state index in [0.29, 0.717) is 5.92 Å². The van der Waals surface area contributed by atoms with Crippen LogP contribution in [-0.4, -0.2) is 12.5 Å². The number of carbonyl (C=O) groups excluding carboxylic acids is 1. The molecule has 6 rings (SSSR count). The Morgan fingerprint density at radius 1 is 0.737 bits per heavy atom. The molecule has 4 aromatic carbocycles. The number of rotatable bonds is 7. The van der Waals surface area contributed by atoms with E-state index in [1.54, 1.807) is 0 Å². The van der Waals surface area contributed by atoms with Crippen molar-refractivity contribution in [3.8, 4) is 22.3 Å². The second kappa shape index (κ2) is 9.51. The molecule has 0 N–H and O–H groups in total. The summed E-state index contributed by atoms with van der Waals surface area (Å²) in [5, 5.41) is 0. The van der Waals surface area contributed by atoms with Gasteiger partial charge in [-0.3, -0.25) is 4.99 Å². The molecule has 38 heavy (non-hydrogen) atoms. The number of aliphatic imine (C=N–C) groups is 1. The van der Waals surface area contributed by atoms with Crippen molar-refractivity contribution in [3.63, 3.8) is 0 Å². The Morgan fingerprint density at radius 3 is 2.00 bits per heavy atom. The van der Waals surface area contributed by atoms with Gasteiger partial charge in [0.25, 0.3) is 0 Å². The molecule has 2 aliphatic carbocycles. The number of hydrogen-bond acceptors (Lipinski definition) is 2. The molecule has 2 nitrogen and oxygen atoms in total. The fourth-order valence-electron chi connectivity index (χ4n) is 6.24. The van der Waals surface area contributed by atoms with Gasteiger partial charge >= 0.3 is 0 Å². The summed E-state index contributed by atoms with van der Waals surface area (Å²) in [6.45, 7) is 8.52. The van der Waals surface area contributed by atoms with Gasteiger partial charge in [0.15, 0.2) is 0 Å². The number of aldehydes is 1. The van der Waals surface area contributed by atoms with Crippen LogP contribution in [0.1, 0.15) is 85.4 Å². The Kier molecular flexibility index (Phi) is 6.14. The first-order valence-electron chi connectivity index (χ1n) is 13.9. The highest BCUT2D eigenvalue weighted by Gasteiger charge is 2.24. The van der Waals surface area contributed by atoms with Crippen LogP contribution in [0.25, 0.3) is 22.3 Å². The van der Waals surface area contributed by atoms with Crippen LogP contribution in [0.4, 0.5) is 5.69 Å². The first kappa shape index (κ1) is 24.6. The standard InChI is InChI=1S/C36H35NO/c1-5-24(6-2)25-8-12-33-27(16-25)18-29-20-31(10-14-35(29)33)37-21-23-7-11-32-26(15-23)17-28-19-30(9-13-34(28)32)36(3,4)22-38/h7-16,19-22,24H,5-6,17-18H2,1-4H3. The molecule has 0 saturated carbocycles. The van der Waals surface area contributed by atoms with Crippen LogP contribution in [0.3, 0.4) is 0 Å². The molecule has 0 spiro atoms. The molecule has 0 aliphatic heterocycles. The predicted octanol–water partition coefficient (Wildman–Crippen LogP) is 8.96. The second-order valence-electron chi connectivity index (χ2n) is 11.5. The van der Waals surface area contributed by atoms with Crippen LogP contribution in [0.2, 0.25) is 0 Å². The van der Waals surface area contributed by atoms with Gasteiger partial charge < -0.3 is 4.79 Å². The number of nitrogens with zero attached hydrogens (tertiary/aromatic N) is 1. The number of fused-ring (bicyclic) bond motifs is 6. The van der Waals surface area contributed by atoms with Crippen LogP contribution in [0.15, 0.2) is 77.8 Å². The fourth-order valence-corrected chi connectivity index (χ4v) is 6.24. The van der Waals surface area contributed by atoms with E-state index in [-0.39, 0.29) is 0 Å². The van der Waals surface area contributed by atoms with Crippen molar-refractivity contribution in [2.75, 3.05) is 0 Å². The predicted molar refractivity (Wildman–Crippen MR) is 159 cm³/mol. The monoisotopic (exact) mass is 497 g/mol. The van der Waals surface area contributed by atoms with Crippen molar-refractivity contribution in [2.45, 2.75) is 64.7 Å². The van der Waals surface area contributed by atoms with E-state index in [1.807, 2.05) is 20.1 Å². The zero-order chi connectivity index (χ0) is 26.4. The van der Waals surface area contributed by atoms with Crippen LogP contribution in [0, 0.1) is 0 Å². The van der Waals surface area contributed by atoms with Gasteiger partial charge in [0.1, 0.15) is 6.29 Å². The quantitative estimate of drug-likeness (QED) is 0.160. The lowest BCUT2D eigenvalue weighted by Crippen LogP contribution is -2.18. The van der Waals surface area contributed by atoms with Gasteiger partial charge in [-0.25, -0.2) is 0 Å². The minimum absolute atomic E-state index is 0.464. The van der Waals surface area contributed by atoms with Gasteiger partial charge in [-0.05, 0) is 125 Å². The topological polar surface area (TPSA) is 29.4 Å². The lowest BCUT2D eigenvalue weighted by molar-refractivity contribution is -0.111. The summed E-state index contributed by atoms with van der Waals surface area (Å²) in [5.74, 6) is 0.648. The average molecular weight is 498 g/mol. The van der Waals surface area contributed by atoms with Crippen molar-refractivity contribution >= 4 is 18.2 Å². The minimum Gasteiger partial charge on any atom is -0.302 e. The summed E-state index contributed by atoms with van der Waals surface area (Å²) >= 11 is 0. The Labute approximate surface area is 226 Å². The molecule has 2 heteroatoms. The third kappa shape index (κ3) is 4.22. The maximum absolute atomic E-state index is 11.5. The summed E-state index contributed by atoms with van der Waals surface area (Å²) in [7, 11) is 0. The van der Waals surface area contributed by atoms with Gasteiger partial charge in [-0.15, -0.1) is 0 Å². The third-order valence-electron chi connectivity index (χ3n) is 8.65. The molecule has 0 saturated heterocycles. The summed E-state index contributed by atoms with van der Waals surface area (Å²) in [4.78, 5) is 16.4. The lowest BCUT2D eigenvalue weighted by Gasteiger charge is -2.18. The van der Waals surface area contributed by atoms with E-state index >= 15 is 0 Å². The molecule has 4 aromatic rings. The number of hydrogen-bond donors (Lipinski definition) is 0. The van der Waals surface area contributed by atoms with Crippen LogP contribution >= 0.6 is 0 Å². The van der Waals surface area contributed by atoms with E-state index in [4.69, 9.17) is 4.99 Å². The van der Waals surface area contributed by atoms with Gasteiger partial charge in [0.05, 0.1) is 5.69 Å². The molecule has 0 unspecified atom stereocenters. The molecule has 0 radical (unpaired) electrons. The Bertz CT molecular complexity index is 1590. The van der Waals surface area contributed by atoms with E-state index in [9.17, 15) is 4.79 Å². The van der Waals surface area contributed by atoms with Crippen molar-refractivity contribution < 1.29 is 4.79 Å². The van der Waals surface area contributed by atoms with Gasteiger partial charge in [0.2, 0.25) is 0 Å². The summed E-state index contributed by atoms with van der Waals surface area (Å²) in [6, 6.07) is 26.8. The van der Waals surface area contributed by atoms with Crippen molar-refractivity contribution in [1.29, 1.82) is 0 Å². The zero-order valence-electron chi connectivity index (χ0n) is 22.8. The average Bonchev–Trinajstić information content (AvgIpc) is 3.48. The van der Waals surface area contributed by atoms with E-state index in [1.165, 1.54) is 62.9 Å². The summed E-state index contributed by atoms with van der Waals surface area (Å²) in [5.41, 5.74) is 14.9. The maximum atomic E-state index is 11.5. The molecule has 0 aromatic heterocycles. The minimum atomic E-state index is -0.464. The van der Waals surface area contributed by atoms with Crippen LogP contribution < -0.4 is 0 Å². The zero-order valence-corrected chi connectivity index (χ0v) is 22.8. The van der Waals surface area contributed by atoms with Crippen LogP contribution in [0.5, 0.6) is 0 Å². The number of benzene rings is 4. The molecular formula is C36H35NO. The number of carbonyl (C=O) groups is 1. The molecule has 0 atom stereocenters. The molecule has 2 aliphatic rings. The van der Waals surface area contributed by atoms with Gasteiger partial charge in [-0.2, -0.15) is 0 Å². The van der Waals surface area contributed by atoms with Crippen molar-refractivity contribution in [1.82, 2.24) is 0 Å². The molecule has 0 amide bonds. The van der Waals surface area contributed by atoms with E-state index in [2.05, 4.69) is 86.6 Å². The Hall–Kier alpha value is -3.78. The third-order valence-corrected chi connectivity index (χ3v) is 8.65. The highest BCUT2D eigenvalue weighted by atomic mass is 16.1. The Balaban J connectivity index is 1.21. The SMILES string of the molecule is CCC(CC)c1ccc2c(c1)Cc1cc(N=Cc3ccc4c(c3)Cc3cc(C(C)(C)C=O)ccc3-4)ccc1-2. The molecule has 0 bridgehead atoms. The fraction of sp³-hybridized carbons (Fsp3) is 0.278. The largest absolute Gasteiger partial charge is 0.302 e. The highest BCUT2D eigenvalue weighted by Crippen LogP contribution is 2.41. The van der Waals surface area contributed by atoms with Gasteiger partial charge in [0, 0.05) is 11.6 Å². The second-order valence-corrected chi connectivity index (χ2v) is 11.5. The molecule has 0 heterocycles. The van der Waals surface area contributed by atoms with E-state index in [0.717, 1.165) is 35.9 Å². The molecular weight excluding hydrogens is 462 g/mol. The smallest absolute Gasteiger partial charge is 0.129 e. The highest BCUT2D eigenvalue weighted by molar-refractivity contribution is 5.87. The van der Waals surface area contributed by atoms with Crippen molar-refractivity contribution in [2.24, 2.45) is 4.99 Å². The van der Waals surface area contributed by atoms with Crippen molar-refractivity contribution in [3.05, 3.63) is 112 Å². The van der Waals surface area contributed by atoms with Gasteiger partial charge in [-0.1, -0.05) is 68.4 Å². The molecule has 0 fully saturated rings. The molecule has 190 valence electrons. The normalized spacial score (nSPS) is 13.5. The van der Waals surface area contributed by atoms with E-state index < -0.39 is 5.41 Å². The van der Waals surface area contributed by atoms with Crippen LogP contribution in [-0.2, 0) is 23.1 Å². The summed E-state index contributed by atoms with van der Waals surface area (Å²) < 4.78 is 0.